The first kappa shape index (κ1) is 19.7. The van der Waals surface area contributed by atoms with Gasteiger partial charge in [-0.1, -0.05) is 11.6 Å². The summed E-state index contributed by atoms with van der Waals surface area (Å²) in [6.45, 7) is 0.816. The van der Waals surface area contributed by atoms with Crippen LogP contribution in [0.4, 0.5) is 11.5 Å². The number of hydrogen-bond acceptors (Lipinski definition) is 5. The van der Waals surface area contributed by atoms with Crippen LogP contribution >= 0.6 is 0 Å². The minimum Gasteiger partial charge on any atom is -0.497 e. The second-order valence-electron chi connectivity index (χ2n) is 6.74. The molecule has 0 fully saturated rings. The van der Waals surface area contributed by atoms with Gasteiger partial charge in [0.05, 0.1) is 19.9 Å². The highest BCUT2D eigenvalue weighted by atomic mass is 16.5. The standard InChI is InChI=1S/C22H27N3O3/c1-27-18-8-9-19(20(15-18)28-2)25-22(26)17-11-13-24-21(14-17)23-12-10-16-6-4-3-5-7-16/h6,8-9,11,13-15H,3-5,7,10,12H2,1-2H3,(H,23,24)(H,25,26). The van der Waals surface area contributed by atoms with Crippen LogP contribution in [0.3, 0.4) is 0 Å². The van der Waals surface area contributed by atoms with E-state index in [2.05, 4.69) is 21.7 Å². The number of rotatable bonds is 8. The Morgan fingerprint density at radius 1 is 1.14 bits per heavy atom. The average molecular weight is 381 g/mol. The Morgan fingerprint density at radius 2 is 2.04 bits per heavy atom. The maximum Gasteiger partial charge on any atom is 0.255 e. The van der Waals surface area contributed by atoms with Crippen LogP contribution in [0.15, 0.2) is 48.2 Å². The van der Waals surface area contributed by atoms with E-state index in [1.807, 2.05) is 0 Å². The normalized spacial score (nSPS) is 13.4. The van der Waals surface area contributed by atoms with Crippen LogP contribution in [0.1, 0.15) is 42.5 Å². The highest BCUT2D eigenvalue weighted by Crippen LogP contribution is 2.29. The zero-order valence-corrected chi connectivity index (χ0v) is 16.5. The van der Waals surface area contributed by atoms with Crippen molar-refractivity contribution in [3.63, 3.8) is 0 Å². The van der Waals surface area contributed by atoms with E-state index < -0.39 is 0 Å². The molecule has 0 bridgehead atoms. The molecule has 0 saturated heterocycles. The Kier molecular flexibility index (Phi) is 6.89. The lowest BCUT2D eigenvalue weighted by molar-refractivity contribution is 0.102. The minimum absolute atomic E-state index is 0.219. The maximum absolute atomic E-state index is 12.6. The summed E-state index contributed by atoms with van der Waals surface area (Å²) in [4.78, 5) is 17.0. The van der Waals surface area contributed by atoms with Crippen molar-refractivity contribution in [2.45, 2.75) is 32.1 Å². The first-order valence-electron chi connectivity index (χ1n) is 9.61. The smallest absolute Gasteiger partial charge is 0.255 e. The van der Waals surface area contributed by atoms with Crippen LogP contribution in [-0.2, 0) is 0 Å². The molecule has 3 rings (SSSR count). The molecule has 1 aliphatic rings. The zero-order valence-electron chi connectivity index (χ0n) is 16.5. The fraction of sp³-hybridized carbons (Fsp3) is 0.364. The highest BCUT2D eigenvalue weighted by Gasteiger charge is 2.12. The molecule has 1 aromatic heterocycles. The summed E-state index contributed by atoms with van der Waals surface area (Å²) in [6, 6.07) is 8.72. The van der Waals surface area contributed by atoms with E-state index in [0.717, 1.165) is 13.0 Å². The Morgan fingerprint density at radius 3 is 2.79 bits per heavy atom. The van der Waals surface area contributed by atoms with E-state index in [0.29, 0.717) is 28.6 Å². The van der Waals surface area contributed by atoms with Crippen LogP contribution in [0.25, 0.3) is 0 Å². The molecule has 0 spiro atoms. The van der Waals surface area contributed by atoms with Crippen LogP contribution in [0, 0.1) is 0 Å². The monoisotopic (exact) mass is 381 g/mol. The molecule has 2 aromatic rings. The second kappa shape index (κ2) is 9.78. The number of benzene rings is 1. The summed E-state index contributed by atoms with van der Waals surface area (Å²) < 4.78 is 10.5. The van der Waals surface area contributed by atoms with E-state index in [4.69, 9.17) is 9.47 Å². The van der Waals surface area contributed by atoms with Gasteiger partial charge in [-0.15, -0.1) is 0 Å². The number of ether oxygens (including phenoxy) is 2. The molecular formula is C22H27N3O3. The quantitative estimate of drug-likeness (QED) is 0.651. The lowest BCUT2D eigenvalue weighted by atomic mass is 9.97. The number of nitrogens with zero attached hydrogens (tertiary/aromatic N) is 1. The number of pyridine rings is 1. The topological polar surface area (TPSA) is 72.5 Å². The lowest BCUT2D eigenvalue weighted by Crippen LogP contribution is -2.14. The summed E-state index contributed by atoms with van der Waals surface area (Å²) in [6.07, 6.45) is 9.98. The Labute approximate surface area is 166 Å². The third kappa shape index (κ3) is 5.25. The van der Waals surface area contributed by atoms with Crippen LogP contribution in [-0.4, -0.2) is 31.7 Å². The number of aromatic nitrogens is 1. The number of nitrogens with one attached hydrogen (secondary N) is 2. The third-order valence-corrected chi connectivity index (χ3v) is 4.82. The van der Waals surface area contributed by atoms with Crippen molar-refractivity contribution >= 4 is 17.4 Å². The molecule has 148 valence electrons. The first-order valence-corrected chi connectivity index (χ1v) is 9.61. The number of carbonyl (C=O) groups excluding carboxylic acids is 1. The van der Waals surface area contributed by atoms with Gasteiger partial charge < -0.3 is 20.1 Å². The van der Waals surface area contributed by atoms with Gasteiger partial charge in [0, 0.05) is 24.4 Å². The van der Waals surface area contributed by atoms with Crippen LogP contribution < -0.4 is 20.1 Å². The molecule has 0 saturated carbocycles. The van der Waals surface area contributed by atoms with Crippen LogP contribution in [0.5, 0.6) is 11.5 Å². The van der Waals surface area contributed by atoms with E-state index in [1.165, 1.54) is 31.3 Å². The maximum atomic E-state index is 12.6. The summed E-state index contributed by atoms with van der Waals surface area (Å²) in [5, 5.41) is 6.20. The Hall–Kier alpha value is -3.02. The second-order valence-corrected chi connectivity index (χ2v) is 6.74. The molecule has 6 heteroatoms. The number of carbonyl (C=O) groups is 1. The van der Waals surface area contributed by atoms with Crippen molar-refractivity contribution in [2.75, 3.05) is 31.4 Å². The van der Waals surface area contributed by atoms with Crippen LogP contribution in [0.2, 0.25) is 0 Å². The molecule has 0 atom stereocenters. The molecule has 1 aromatic carbocycles. The van der Waals surface area contributed by atoms with Gasteiger partial charge in [-0.2, -0.15) is 0 Å². The van der Waals surface area contributed by atoms with Crippen molar-refractivity contribution in [3.05, 3.63) is 53.7 Å². The van der Waals surface area contributed by atoms with E-state index in [-0.39, 0.29) is 5.91 Å². The predicted octanol–water partition coefficient (Wildman–Crippen LogP) is 4.65. The largest absolute Gasteiger partial charge is 0.497 e. The van der Waals surface area contributed by atoms with E-state index >= 15 is 0 Å². The minimum atomic E-state index is -0.219. The molecular weight excluding hydrogens is 354 g/mol. The molecule has 0 aliphatic heterocycles. The van der Waals surface area contributed by atoms with Gasteiger partial charge in [0.1, 0.15) is 17.3 Å². The first-order chi connectivity index (χ1) is 13.7. The molecule has 6 nitrogen and oxygen atoms in total. The highest BCUT2D eigenvalue weighted by molar-refractivity contribution is 6.05. The average Bonchev–Trinajstić information content (AvgIpc) is 2.75. The van der Waals surface area contributed by atoms with Gasteiger partial charge in [0.25, 0.3) is 5.91 Å². The van der Waals surface area contributed by atoms with E-state index in [9.17, 15) is 4.79 Å². The summed E-state index contributed by atoms with van der Waals surface area (Å²) in [5.74, 6) is 1.69. The van der Waals surface area contributed by atoms with Crippen molar-refractivity contribution in [1.82, 2.24) is 4.98 Å². The Balaban J connectivity index is 1.61. The lowest BCUT2D eigenvalue weighted by Gasteiger charge is -2.14. The van der Waals surface area contributed by atoms with Gasteiger partial charge >= 0.3 is 0 Å². The number of methoxy groups -OCH3 is 2. The van der Waals surface area contributed by atoms with Gasteiger partial charge in [0.2, 0.25) is 0 Å². The zero-order chi connectivity index (χ0) is 19.8. The van der Waals surface area contributed by atoms with Gasteiger partial charge in [0.15, 0.2) is 0 Å². The summed E-state index contributed by atoms with van der Waals surface area (Å²) in [7, 11) is 3.14. The SMILES string of the molecule is COc1ccc(NC(=O)c2ccnc(NCCC3=CCCCC3)c2)c(OC)c1. The number of anilines is 2. The van der Waals surface area contributed by atoms with Gasteiger partial charge in [-0.3, -0.25) is 4.79 Å². The summed E-state index contributed by atoms with van der Waals surface area (Å²) in [5.41, 5.74) is 2.63. The van der Waals surface area contributed by atoms with Crippen molar-refractivity contribution in [1.29, 1.82) is 0 Å². The van der Waals surface area contributed by atoms with E-state index in [1.54, 1.807) is 50.7 Å². The predicted molar refractivity (Wildman–Crippen MR) is 111 cm³/mol. The number of amides is 1. The number of hydrogen-bond donors (Lipinski definition) is 2. The number of allylic oxidation sites excluding steroid dienone is 1. The molecule has 2 N–H and O–H groups in total. The fourth-order valence-corrected chi connectivity index (χ4v) is 3.25. The molecule has 0 unspecified atom stereocenters. The molecule has 0 radical (unpaired) electrons. The third-order valence-electron chi connectivity index (χ3n) is 4.82. The fourth-order valence-electron chi connectivity index (χ4n) is 3.25. The Bertz CT molecular complexity index is 849. The molecule has 28 heavy (non-hydrogen) atoms. The molecule has 1 amide bonds. The van der Waals surface area contributed by atoms with Crippen molar-refractivity contribution < 1.29 is 14.3 Å². The molecule has 1 heterocycles. The molecule has 1 aliphatic carbocycles. The van der Waals surface area contributed by atoms with Gasteiger partial charge in [-0.25, -0.2) is 4.98 Å². The van der Waals surface area contributed by atoms with Gasteiger partial charge in [-0.05, 0) is 56.4 Å². The van der Waals surface area contributed by atoms with Crippen molar-refractivity contribution in [2.24, 2.45) is 0 Å². The van der Waals surface area contributed by atoms with Crippen molar-refractivity contribution in [3.8, 4) is 11.5 Å². The summed E-state index contributed by atoms with van der Waals surface area (Å²) >= 11 is 0.